The third-order valence-electron chi connectivity index (χ3n) is 3.68. The van der Waals surface area contributed by atoms with Crippen LogP contribution in [0.1, 0.15) is 41.0 Å². The SMILES string of the molecule is CC(C)N(CCC(=O)O)C(=O)CN1C(=O)c2ccccc2C1=O. The van der Waals surface area contributed by atoms with Crippen molar-refractivity contribution in [2.45, 2.75) is 26.3 Å². The van der Waals surface area contributed by atoms with Crippen LogP contribution in [-0.4, -0.2) is 57.7 Å². The molecule has 0 aliphatic carbocycles. The summed E-state index contributed by atoms with van der Waals surface area (Å²) in [5, 5.41) is 8.76. The molecule has 7 nitrogen and oxygen atoms in total. The normalized spacial score (nSPS) is 13.4. The summed E-state index contributed by atoms with van der Waals surface area (Å²) in [6.07, 6.45) is -0.188. The van der Waals surface area contributed by atoms with Crippen LogP contribution in [0.15, 0.2) is 24.3 Å². The highest BCUT2D eigenvalue weighted by molar-refractivity contribution is 6.22. The zero-order chi connectivity index (χ0) is 17.1. The molecule has 0 unspecified atom stereocenters. The van der Waals surface area contributed by atoms with E-state index in [1.165, 1.54) is 4.90 Å². The molecule has 7 heteroatoms. The van der Waals surface area contributed by atoms with E-state index in [0.29, 0.717) is 0 Å². The van der Waals surface area contributed by atoms with E-state index in [9.17, 15) is 19.2 Å². The zero-order valence-corrected chi connectivity index (χ0v) is 13.0. The van der Waals surface area contributed by atoms with Gasteiger partial charge < -0.3 is 10.0 Å². The van der Waals surface area contributed by atoms with Crippen molar-refractivity contribution in [1.29, 1.82) is 0 Å². The van der Waals surface area contributed by atoms with Crippen molar-refractivity contribution in [2.24, 2.45) is 0 Å². The molecule has 0 aromatic heterocycles. The molecule has 0 saturated carbocycles. The molecule has 0 spiro atoms. The number of imide groups is 1. The molecular formula is C16H18N2O5. The van der Waals surface area contributed by atoms with Gasteiger partial charge in [0.25, 0.3) is 11.8 Å². The highest BCUT2D eigenvalue weighted by Crippen LogP contribution is 2.22. The molecule has 1 N–H and O–H groups in total. The molecule has 23 heavy (non-hydrogen) atoms. The largest absolute Gasteiger partial charge is 0.481 e. The number of hydrogen-bond donors (Lipinski definition) is 1. The highest BCUT2D eigenvalue weighted by atomic mass is 16.4. The van der Waals surface area contributed by atoms with Crippen LogP contribution in [-0.2, 0) is 9.59 Å². The first-order valence-electron chi connectivity index (χ1n) is 7.29. The van der Waals surface area contributed by atoms with Gasteiger partial charge in [-0.05, 0) is 26.0 Å². The van der Waals surface area contributed by atoms with Gasteiger partial charge in [-0.2, -0.15) is 0 Å². The van der Waals surface area contributed by atoms with Crippen LogP contribution in [0, 0.1) is 0 Å². The van der Waals surface area contributed by atoms with Crippen LogP contribution in [0.2, 0.25) is 0 Å². The molecule has 0 bridgehead atoms. The number of nitrogens with zero attached hydrogens (tertiary/aromatic N) is 2. The second-order valence-corrected chi connectivity index (χ2v) is 5.57. The Balaban J connectivity index is 2.12. The van der Waals surface area contributed by atoms with Gasteiger partial charge in [0.2, 0.25) is 5.91 Å². The quantitative estimate of drug-likeness (QED) is 0.789. The fourth-order valence-electron chi connectivity index (χ4n) is 2.50. The molecule has 2 rings (SSSR count). The molecule has 1 aliphatic heterocycles. The van der Waals surface area contributed by atoms with Gasteiger partial charge in [0.1, 0.15) is 6.54 Å². The third-order valence-corrected chi connectivity index (χ3v) is 3.68. The molecule has 0 fully saturated rings. The number of carboxylic acids is 1. The summed E-state index contributed by atoms with van der Waals surface area (Å²) < 4.78 is 0. The number of carbonyl (C=O) groups excluding carboxylic acids is 3. The summed E-state index contributed by atoms with van der Waals surface area (Å²) in [5.41, 5.74) is 0.568. The van der Waals surface area contributed by atoms with E-state index in [1.807, 2.05) is 0 Å². The molecule has 1 aromatic rings. The summed E-state index contributed by atoms with van der Waals surface area (Å²) in [5.74, 6) is -2.46. The Labute approximate surface area is 133 Å². The minimum atomic E-state index is -1.01. The van der Waals surface area contributed by atoms with E-state index < -0.39 is 23.7 Å². The van der Waals surface area contributed by atoms with Gasteiger partial charge in [0, 0.05) is 12.6 Å². The molecule has 3 amide bonds. The van der Waals surface area contributed by atoms with Crippen molar-refractivity contribution in [3.8, 4) is 0 Å². The van der Waals surface area contributed by atoms with Crippen LogP contribution in [0.4, 0.5) is 0 Å². The monoisotopic (exact) mass is 318 g/mol. The lowest BCUT2D eigenvalue weighted by Crippen LogP contribution is -2.46. The summed E-state index contributed by atoms with van der Waals surface area (Å²) in [6.45, 7) is 3.16. The molecule has 0 radical (unpaired) electrons. The first-order valence-corrected chi connectivity index (χ1v) is 7.29. The molecular weight excluding hydrogens is 300 g/mol. The van der Waals surface area contributed by atoms with E-state index in [4.69, 9.17) is 5.11 Å². The topological polar surface area (TPSA) is 95.0 Å². The number of aliphatic carboxylic acids is 1. The maximum Gasteiger partial charge on any atom is 0.305 e. The molecule has 0 saturated heterocycles. The zero-order valence-electron chi connectivity index (χ0n) is 13.0. The van der Waals surface area contributed by atoms with E-state index in [0.717, 1.165) is 4.90 Å². The minimum absolute atomic E-state index is 0.0367. The van der Waals surface area contributed by atoms with Crippen LogP contribution in [0.25, 0.3) is 0 Å². The summed E-state index contributed by atoms with van der Waals surface area (Å²) in [6, 6.07) is 6.18. The van der Waals surface area contributed by atoms with E-state index in [1.54, 1.807) is 38.1 Å². The second kappa shape index (κ2) is 6.60. The Morgan fingerprint density at radius 2 is 1.65 bits per heavy atom. The van der Waals surface area contributed by atoms with Crippen molar-refractivity contribution in [2.75, 3.05) is 13.1 Å². The average molecular weight is 318 g/mol. The highest BCUT2D eigenvalue weighted by Gasteiger charge is 2.37. The number of fused-ring (bicyclic) bond motifs is 1. The Morgan fingerprint density at radius 1 is 1.13 bits per heavy atom. The summed E-state index contributed by atoms with van der Waals surface area (Å²) >= 11 is 0. The van der Waals surface area contributed by atoms with Crippen LogP contribution < -0.4 is 0 Å². The second-order valence-electron chi connectivity index (χ2n) is 5.57. The molecule has 1 aromatic carbocycles. The Hall–Kier alpha value is -2.70. The summed E-state index contributed by atoms with van der Waals surface area (Å²) in [7, 11) is 0. The number of hydrogen-bond acceptors (Lipinski definition) is 4. The fourth-order valence-corrected chi connectivity index (χ4v) is 2.50. The van der Waals surface area contributed by atoms with Gasteiger partial charge in [-0.1, -0.05) is 12.1 Å². The first kappa shape index (κ1) is 16.7. The molecule has 0 atom stereocenters. The van der Waals surface area contributed by atoms with E-state index >= 15 is 0 Å². The number of amides is 3. The predicted molar refractivity (Wildman–Crippen MR) is 80.9 cm³/mol. The van der Waals surface area contributed by atoms with Gasteiger partial charge >= 0.3 is 5.97 Å². The maximum atomic E-state index is 12.4. The predicted octanol–water partition coefficient (Wildman–Crippen LogP) is 0.994. The standard InChI is InChI=1S/C16H18N2O5/c1-10(2)17(8-7-14(20)21)13(19)9-18-15(22)11-5-3-4-6-12(11)16(18)23/h3-6,10H,7-9H2,1-2H3,(H,20,21). The van der Waals surface area contributed by atoms with Gasteiger partial charge in [0.15, 0.2) is 0 Å². The first-order chi connectivity index (χ1) is 10.8. The molecule has 122 valence electrons. The lowest BCUT2D eigenvalue weighted by Gasteiger charge is -2.27. The van der Waals surface area contributed by atoms with Crippen molar-refractivity contribution in [3.63, 3.8) is 0 Å². The van der Waals surface area contributed by atoms with Crippen LogP contribution in [0.3, 0.4) is 0 Å². The fraction of sp³-hybridized carbons (Fsp3) is 0.375. The van der Waals surface area contributed by atoms with Crippen molar-refractivity contribution >= 4 is 23.7 Å². The third kappa shape index (κ3) is 3.39. The minimum Gasteiger partial charge on any atom is -0.481 e. The van der Waals surface area contributed by atoms with Crippen LogP contribution >= 0.6 is 0 Å². The number of benzene rings is 1. The lowest BCUT2D eigenvalue weighted by molar-refractivity contribution is -0.139. The lowest BCUT2D eigenvalue weighted by atomic mass is 10.1. The number of rotatable bonds is 6. The van der Waals surface area contributed by atoms with E-state index in [-0.39, 0.29) is 36.7 Å². The van der Waals surface area contributed by atoms with Crippen molar-refractivity contribution in [1.82, 2.24) is 9.80 Å². The maximum absolute atomic E-state index is 12.4. The molecule has 1 aliphatic rings. The smallest absolute Gasteiger partial charge is 0.305 e. The number of carboxylic acid groups (broad SMARTS) is 1. The van der Waals surface area contributed by atoms with Gasteiger partial charge in [-0.3, -0.25) is 24.1 Å². The Kier molecular flexibility index (Phi) is 4.78. The number of carbonyl (C=O) groups is 4. The van der Waals surface area contributed by atoms with Crippen LogP contribution in [0.5, 0.6) is 0 Å². The van der Waals surface area contributed by atoms with Crippen molar-refractivity contribution < 1.29 is 24.3 Å². The van der Waals surface area contributed by atoms with Gasteiger partial charge in [0.05, 0.1) is 17.5 Å². The summed E-state index contributed by atoms with van der Waals surface area (Å²) in [4.78, 5) is 49.8. The molecule has 1 heterocycles. The van der Waals surface area contributed by atoms with E-state index in [2.05, 4.69) is 0 Å². The average Bonchev–Trinajstić information content (AvgIpc) is 2.72. The Bertz CT molecular complexity index is 633. The van der Waals surface area contributed by atoms with Gasteiger partial charge in [-0.25, -0.2) is 0 Å². The van der Waals surface area contributed by atoms with Gasteiger partial charge in [-0.15, -0.1) is 0 Å². The van der Waals surface area contributed by atoms with Crippen molar-refractivity contribution in [3.05, 3.63) is 35.4 Å². The Morgan fingerprint density at radius 3 is 2.09 bits per heavy atom.